The van der Waals surface area contributed by atoms with Crippen LogP contribution in [0.5, 0.6) is 0 Å². The van der Waals surface area contributed by atoms with Gasteiger partial charge in [0.25, 0.3) is 0 Å². The van der Waals surface area contributed by atoms with Gasteiger partial charge >= 0.3 is 0 Å². The molecule has 1 unspecified atom stereocenters. The molecule has 0 bridgehead atoms. The van der Waals surface area contributed by atoms with Crippen molar-refractivity contribution in [2.24, 2.45) is 5.73 Å². The van der Waals surface area contributed by atoms with Crippen molar-refractivity contribution in [3.05, 3.63) is 24.0 Å². The molecular weight excluding hydrogens is 174 g/mol. The Bertz CT molecular complexity index is 264. The SMILES string of the molecule is Cl.NC1CCNc2cccnc21. The Morgan fingerprint density at radius 3 is 3.17 bits per heavy atom. The van der Waals surface area contributed by atoms with E-state index in [2.05, 4.69) is 10.3 Å². The third-order valence-corrected chi connectivity index (χ3v) is 1.96. The topological polar surface area (TPSA) is 50.9 Å². The predicted molar refractivity (Wildman–Crippen MR) is 51.5 cm³/mol. The Kier molecular flexibility index (Phi) is 2.89. The van der Waals surface area contributed by atoms with Crippen LogP contribution in [0, 0.1) is 0 Å². The molecular formula is C8H12ClN3. The molecule has 12 heavy (non-hydrogen) atoms. The molecule has 1 atom stereocenters. The van der Waals surface area contributed by atoms with Gasteiger partial charge in [-0.05, 0) is 18.6 Å². The van der Waals surface area contributed by atoms with Gasteiger partial charge < -0.3 is 11.1 Å². The van der Waals surface area contributed by atoms with E-state index < -0.39 is 0 Å². The first-order valence-electron chi connectivity index (χ1n) is 3.82. The molecule has 2 heterocycles. The van der Waals surface area contributed by atoms with E-state index in [1.54, 1.807) is 6.20 Å². The highest BCUT2D eigenvalue weighted by molar-refractivity contribution is 5.85. The maximum atomic E-state index is 5.84. The summed E-state index contributed by atoms with van der Waals surface area (Å²) >= 11 is 0. The Morgan fingerprint density at radius 2 is 2.42 bits per heavy atom. The minimum Gasteiger partial charge on any atom is -0.383 e. The van der Waals surface area contributed by atoms with Gasteiger partial charge in [-0.2, -0.15) is 0 Å². The second kappa shape index (κ2) is 3.74. The van der Waals surface area contributed by atoms with Crippen LogP contribution in [-0.2, 0) is 0 Å². The fourth-order valence-corrected chi connectivity index (χ4v) is 1.36. The highest BCUT2D eigenvalue weighted by Gasteiger charge is 2.15. The fraction of sp³-hybridized carbons (Fsp3) is 0.375. The van der Waals surface area contributed by atoms with Gasteiger partial charge in [0, 0.05) is 12.7 Å². The van der Waals surface area contributed by atoms with Crippen molar-refractivity contribution in [3.8, 4) is 0 Å². The van der Waals surface area contributed by atoms with Gasteiger partial charge in [0.1, 0.15) is 0 Å². The molecule has 1 aromatic rings. The van der Waals surface area contributed by atoms with Crippen LogP contribution in [0.4, 0.5) is 5.69 Å². The summed E-state index contributed by atoms with van der Waals surface area (Å²) in [7, 11) is 0. The van der Waals surface area contributed by atoms with Crippen LogP contribution in [0.15, 0.2) is 18.3 Å². The van der Waals surface area contributed by atoms with E-state index in [9.17, 15) is 0 Å². The molecule has 0 saturated heterocycles. The molecule has 0 spiro atoms. The van der Waals surface area contributed by atoms with Crippen molar-refractivity contribution in [2.75, 3.05) is 11.9 Å². The fourth-order valence-electron chi connectivity index (χ4n) is 1.36. The first-order chi connectivity index (χ1) is 5.38. The largest absolute Gasteiger partial charge is 0.383 e. The summed E-state index contributed by atoms with van der Waals surface area (Å²) in [6, 6.07) is 4.05. The summed E-state index contributed by atoms with van der Waals surface area (Å²) in [6.07, 6.45) is 2.76. The van der Waals surface area contributed by atoms with Crippen LogP contribution < -0.4 is 11.1 Å². The van der Waals surface area contributed by atoms with Crippen molar-refractivity contribution in [1.82, 2.24) is 4.98 Å². The lowest BCUT2D eigenvalue weighted by molar-refractivity contribution is 0.634. The molecule has 0 fully saturated rings. The number of anilines is 1. The maximum Gasteiger partial charge on any atom is 0.0802 e. The monoisotopic (exact) mass is 185 g/mol. The zero-order valence-electron chi connectivity index (χ0n) is 6.66. The number of pyridine rings is 1. The lowest BCUT2D eigenvalue weighted by atomic mass is 10.1. The molecule has 66 valence electrons. The Labute approximate surface area is 77.8 Å². The maximum absolute atomic E-state index is 5.84. The second-order valence-corrected chi connectivity index (χ2v) is 2.76. The predicted octanol–water partition coefficient (Wildman–Crippen LogP) is 1.32. The normalized spacial score (nSPS) is 20.2. The zero-order valence-corrected chi connectivity index (χ0v) is 7.47. The molecule has 3 N–H and O–H groups in total. The summed E-state index contributed by atoms with van der Waals surface area (Å²) in [4.78, 5) is 4.21. The molecule has 0 aromatic carbocycles. The molecule has 0 radical (unpaired) electrons. The van der Waals surface area contributed by atoms with Crippen molar-refractivity contribution < 1.29 is 0 Å². The van der Waals surface area contributed by atoms with E-state index >= 15 is 0 Å². The van der Waals surface area contributed by atoms with E-state index in [1.165, 1.54) is 0 Å². The van der Waals surface area contributed by atoms with Gasteiger partial charge in [-0.1, -0.05) is 0 Å². The third-order valence-electron chi connectivity index (χ3n) is 1.96. The van der Waals surface area contributed by atoms with Crippen molar-refractivity contribution >= 4 is 18.1 Å². The van der Waals surface area contributed by atoms with E-state index in [-0.39, 0.29) is 18.4 Å². The molecule has 0 saturated carbocycles. The van der Waals surface area contributed by atoms with E-state index in [0.29, 0.717) is 0 Å². The summed E-state index contributed by atoms with van der Waals surface area (Å²) < 4.78 is 0. The van der Waals surface area contributed by atoms with Gasteiger partial charge in [-0.3, -0.25) is 4.98 Å². The molecule has 1 aliphatic rings. The number of fused-ring (bicyclic) bond motifs is 1. The number of rotatable bonds is 0. The molecule has 4 heteroatoms. The van der Waals surface area contributed by atoms with Gasteiger partial charge in [0.15, 0.2) is 0 Å². The second-order valence-electron chi connectivity index (χ2n) is 2.76. The van der Waals surface area contributed by atoms with E-state index in [1.807, 2.05) is 12.1 Å². The number of nitrogens with one attached hydrogen (secondary N) is 1. The molecule has 1 aromatic heterocycles. The first-order valence-corrected chi connectivity index (χ1v) is 3.82. The first kappa shape index (κ1) is 9.29. The van der Waals surface area contributed by atoms with Crippen LogP contribution in [0.25, 0.3) is 0 Å². The lowest BCUT2D eigenvalue weighted by Crippen LogP contribution is -2.23. The molecule has 0 aliphatic carbocycles. The number of halogens is 1. The van der Waals surface area contributed by atoms with Gasteiger partial charge in [0.05, 0.1) is 17.4 Å². The summed E-state index contributed by atoms with van der Waals surface area (Å²) in [5, 5.41) is 3.25. The van der Waals surface area contributed by atoms with Gasteiger partial charge in [-0.15, -0.1) is 12.4 Å². The van der Waals surface area contributed by atoms with Crippen molar-refractivity contribution in [1.29, 1.82) is 0 Å². The number of aromatic nitrogens is 1. The molecule has 1 aliphatic heterocycles. The van der Waals surface area contributed by atoms with Crippen LogP contribution >= 0.6 is 12.4 Å². The standard InChI is InChI=1S/C8H11N3.ClH/c9-6-3-5-10-7-2-1-4-11-8(6)7;/h1-2,4,6,10H,3,5,9H2;1H. The smallest absolute Gasteiger partial charge is 0.0802 e. The van der Waals surface area contributed by atoms with Crippen LogP contribution in [0.1, 0.15) is 18.2 Å². The number of nitrogens with two attached hydrogens (primary N) is 1. The molecule has 3 nitrogen and oxygen atoms in total. The number of nitrogens with zero attached hydrogens (tertiary/aromatic N) is 1. The van der Waals surface area contributed by atoms with Gasteiger partial charge in [0.2, 0.25) is 0 Å². The van der Waals surface area contributed by atoms with Crippen LogP contribution in [0.2, 0.25) is 0 Å². The minimum absolute atomic E-state index is 0. The highest BCUT2D eigenvalue weighted by atomic mass is 35.5. The Morgan fingerprint density at radius 1 is 1.58 bits per heavy atom. The van der Waals surface area contributed by atoms with Crippen molar-refractivity contribution in [3.63, 3.8) is 0 Å². The summed E-state index contributed by atoms with van der Waals surface area (Å²) in [5.41, 5.74) is 7.93. The third kappa shape index (κ3) is 1.52. The van der Waals surface area contributed by atoms with E-state index in [4.69, 9.17) is 5.73 Å². The summed E-state index contributed by atoms with van der Waals surface area (Å²) in [5.74, 6) is 0. The van der Waals surface area contributed by atoms with Crippen LogP contribution in [-0.4, -0.2) is 11.5 Å². The summed E-state index contributed by atoms with van der Waals surface area (Å²) in [6.45, 7) is 0.958. The zero-order chi connectivity index (χ0) is 7.68. The Balaban J connectivity index is 0.000000720. The quantitative estimate of drug-likeness (QED) is 0.641. The molecule has 0 amide bonds. The average Bonchev–Trinajstić information content (AvgIpc) is 2.06. The average molecular weight is 186 g/mol. The minimum atomic E-state index is 0. The Hall–Kier alpha value is -0.800. The lowest BCUT2D eigenvalue weighted by Gasteiger charge is -2.21. The molecule has 2 rings (SSSR count). The number of hydrogen-bond donors (Lipinski definition) is 2. The highest BCUT2D eigenvalue weighted by Crippen LogP contribution is 2.24. The van der Waals surface area contributed by atoms with Gasteiger partial charge in [-0.25, -0.2) is 0 Å². The van der Waals surface area contributed by atoms with Crippen LogP contribution in [0.3, 0.4) is 0 Å². The number of hydrogen-bond acceptors (Lipinski definition) is 3. The van der Waals surface area contributed by atoms with Crippen molar-refractivity contribution in [2.45, 2.75) is 12.5 Å². The van der Waals surface area contributed by atoms with E-state index in [0.717, 1.165) is 24.3 Å².